The molecule has 380 valence electrons. The van der Waals surface area contributed by atoms with Gasteiger partial charge in [0.1, 0.15) is 23.1 Å². The van der Waals surface area contributed by atoms with Crippen molar-refractivity contribution >= 4 is 67.0 Å². The van der Waals surface area contributed by atoms with Gasteiger partial charge in [-0.2, -0.15) is 0 Å². The molecule has 0 aliphatic rings. The summed E-state index contributed by atoms with van der Waals surface area (Å²) in [5.41, 5.74) is 14.1. The van der Waals surface area contributed by atoms with Gasteiger partial charge in [-0.25, -0.2) is 18.4 Å². The van der Waals surface area contributed by atoms with E-state index in [0.717, 1.165) is 70.6 Å². The minimum absolute atomic E-state index is 0.0700. The van der Waals surface area contributed by atoms with E-state index >= 15 is 0 Å². The van der Waals surface area contributed by atoms with Gasteiger partial charge in [-0.05, 0) is 99.2 Å². The minimum atomic E-state index is -3.96. The maximum atomic E-state index is 13.3. The molecule has 0 saturated heterocycles. The number of nitrogen functional groups attached to an aromatic ring is 1. The summed E-state index contributed by atoms with van der Waals surface area (Å²) in [6.07, 6.45) is 5.38. The molecule has 0 bridgehead atoms. The monoisotopic (exact) mass is 1030 g/mol. The third-order valence-corrected chi connectivity index (χ3v) is 13.7. The van der Waals surface area contributed by atoms with Crippen LogP contribution in [0, 0.1) is 0 Å². The zero-order valence-electron chi connectivity index (χ0n) is 41.2. The summed E-state index contributed by atoms with van der Waals surface area (Å²) in [7, 11) is -1.17. The van der Waals surface area contributed by atoms with E-state index in [1.807, 2.05) is 120 Å². The summed E-state index contributed by atoms with van der Waals surface area (Å²) >= 11 is 5.98. The molecule has 0 saturated carbocycles. The number of imidazole rings is 2. The predicted octanol–water partition coefficient (Wildman–Crippen LogP) is 12.6. The molecule has 0 radical (unpaired) electrons. The van der Waals surface area contributed by atoms with Crippen molar-refractivity contribution in [2.75, 3.05) is 37.9 Å². The summed E-state index contributed by atoms with van der Waals surface area (Å²) in [5, 5.41) is 0.437. The molecule has 0 fully saturated rings. The van der Waals surface area contributed by atoms with Crippen molar-refractivity contribution in [2.45, 2.75) is 56.3 Å². The molecule has 0 aliphatic heterocycles. The van der Waals surface area contributed by atoms with Gasteiger partial charge in [-0.15, -0.1) is 0 Å². The molecule has 0 aliphatic carbocycles. The Morgan fingerprint density at radius 1 is 0.554 bits per heavy atom. The molecule has 0 atom stereocenters. The van der Waals surface area contributed by atoms with Gasteiger partial charge in [0.25, 0.3) is 10.0 Å². The minimum Gasteiger partial charge on any atom is -0.491 e. The van der Waals surface area contributed by atoms with Crippen LogP contribution < -0.4 is 19.9 Å². The van der Waals surface area contributed by atoms with Gasteiger partial charge in [0.05, 0.1) is 65.8 Å². The number of nitrogens with zero attached hydrogens (tertiary/aromatic N) is 4. The Kier molecular flexibility index (Phi) is 17.6. The summed E-state index contributed by atoms with van der Waals surface area (Å²) in [5.74, 6) is 2.15. The van der Waals surface area contributed by atoms with Crippen LogP contribution in [0.25, 0.3) is 56.2 Å². The highest BCUT2D eigenvalue weighted by Gasteiger charge is 2.22. The largest absolute Gasteiger partial charge is 0.491 e. The predicted molar refractivity (Wildman–Crippen MR) is 292 cm³/mol. The van der Waals surface area contributed by atoms with Crippen LogP contribution in [0.15, 0.2) is 175 Å². The average molecular weight is 1030 g/mol. The number of halogens is 1. The van der Waals surface area contributed by atoms with Crippen LogP contribution in [-0.2, 0) is 29.1 Å². The van der Waals surface area contributed by atoms with Crippen molar-refractivity contribution in [3.8, 4) is 45.6 Å². The second-order valence-electron chi connectivity index (χ2n) is 17.2. The molecule has 3 N–H and O–H groups in total. The van der Waals surface area contributed by atoms with Crippen molar-refractivity contribution in [1.82, 2.24) is 19.1 Å². The number of carbonyl (C=O) groups is 2. The Labute approximate surface area is 435 Å². The molecule has 7 aromatic carbocycles. The number of anilines is 2. The number of hydrogen-bond donors (Lipinski definition) is 2. The van der Waals surface area contributed by atoms with Gasteiger partial charge < -0.3 is 24.7 Å². The molecular weight excluding hydrogens is 976 g/mol. The number of unbranched alkanes of at least 4 members (excludes halogenated alkanes) is 4. The zero-order chi connectivity index (χ0) is 51.9. The number of aromatic nitrogens is 4. The molecule has 2 aromatic heterocycles. The van der Waals surface area contributed by atoms with Crippen LogP contribution in [0.3, 0.4) is 0 Å². The topological polar surface area (TPSA) is 179 Å². The number of benzene rings is 7. The molecule has 16 heteroatoms. The van der Waals surface area contributed by atoms with Gasteiger partial charge in [-0.3, -0.25) is 23.4 Å². The van der Waals surface area contributed by atoms with E-state index in [1.165, 1.54) is 38.5 Å². The van der Waals surface area contributed by atoms with Crippen molar-refractivity contribution in [3.63, 3.8) is 0 Å². The number of ether oxygens (including phenoxy) is 4. The van der Waals surface area contributed by atoms with Crippen molar-refractivity contribution in [1.29, 1.82) is 0 Å². The lowest BCUT2D eigenvalue weighted by Crippen LogP contribution is -2.14. The van der Waals surface area contributed by atoms with E-state index < -0.39 is 10.0 Å². The lowest BCUT2D eigenvalue weighted by Gasteiger charge is -2.15. The number of sulfonamides is 1. The van der Waals surface area contributed by atoms with Crippen LogP contribution in [0.4, 0.5) is 11.4 Å². The highest BCUT2D eigenvalue weighted by atomic mass is 35.5. The molecule has 0 amide bonds. The van der Waals surface area contributed by atoms with Crippen molar-refractivity contribution < 1.29 is 37.0 Å². The first kappa shape index (κ1) is 52.2. The number of fused-ring (bicyclic) bond motifs is 2. The third-order valence-electron chi connectivity index (χ3n) is 12.0. The maximum absolute atomic E-state index is 13.3. The standard InChI is InChI=1S/C32H30ClN3O5S.C26H27N3O3/c1-40-31(37)15-9-4-10-20-41-30-22-29-27(21-28(30)35-42(38,39)26-18-16-24(33)17-19-26)34-32(23-11-5-2-6-12-23)36(29)25-13-7-3-8-14-25;1-31-25(30)15-9-4-10-16-32-24-18-23-22(17-21(24)27)28-26(19-11-5-2-6-12-19)29(23)20-13-7-3-8-14-20/h2-3,5-8,11-14,16-19,21-22,35H,4,9-10,15,20H2,1H3;2-3,5-8,11-14,17-18H,4,9-10,15-16,27H2,1H3. The molecule has 0 spiro atoms. The lowest BCUT2D eigenvalue weighted by atomic mass is 10.2. The quantitative estimate of drug-likeness (QED) is 0.0397. The maximum Gasteiger partial charge on any atom is 0.305 e. The molecular formula is C58H57ClN6O8S. The van der Waals surface area contributed by atoms with Crippen LogP contribution in [-0.4, -0.2) is 66.9 Å². The van der Waals surface area contributed by atoms with E-state index in [2.05, 4.69) is 38.3 Å². The third kappa shape index (κ3) is 13.1. The first-order valence-electron chi connectivity index (χ1n) is 24.3. The Morgan fingerprint density at radius 3 is 1.46 bits per heavy atom. The first-order chi connectivity index (χ1) is 36.0. The van der Waals surface area contributed by atoms with E-state index in [4.69, 9.17) is 41.5 Å². The number of para-hydroxylation sites is 2. The summed E-state index contributed by atoms with van der Waals surface area (Å²) in [4.78, 5) is 32.5. The molecule has 74 heavy (non-hydrogen) atoms. The van der Waals surface area contributed by atoms with Gasteiger partial charge >= 0.3 is 11.9 Å². The fourth-order valence-corrected chi connectivity index (χ4v) is 9.46. The number of esters is 2. The summed E-state index contributed by atoms with van der Waals surface area (Å²) < 4.78 is 55.1. The SMILES string of the molecule is COC(=O)CCCCCOc1cc2c(cc1N)nc(-c1ccccc1)n2-c1ccccc1.COC(=O)CCCCCOc1cc2c(cc1NS(=O)(=O)c1ccc(Cl)cc1)nc(-c1ccccc1)n2-c1ccccc1. The molecule has 9 aromatic rings. The summed E-state index contributed by atoms with van der Waals surface area (Å²) in [6.45, 7) is 0.856. The Balaban J connectivity index is 0.000000204. The van der Waals surface area contributed by atoms with E-state index in [9.17, 15) is 18.0 Å². The second-order valence-corrected chi connectivity index (χ2v) is 19.3. The molecule has 2 heterocycles. The van der Waals surface area contributed by atoms with Crippen molar-refractivity contribution in [2.24, 2.45) is 0 Å². The van der Waals surface area contributed by atoms with Gasteiger partial charge in [-0.1, -0.05) is 109 Å². The number of methoxy groups -OCH3 is 2. The Bertz CT molecular complexity index is 3410. The smallest absolute Gasteiger partial charge is 0.305 e. The normalized spacial score (nSPS) is 11.2. The number of hydrogen-bond acceptors (Lipinski definition) is 11. The highest BCUT2D eigenvalue weighted by molar-refractivity contribution is 7.92. The van der Waals surface area contributed by atoms with E-state index in [-0.39, 0.29) is 22.5 Å². The number of nitrogens with two attached hydrogens (primary N) is 1. The van der Waals surface area contributed by atoms with Crippen LogP contribution in [0.1, 0.15) is 51.4 Å². The van der Waals surface area contributed by atoms with Crippen molar-refractivity contribution in [3.05, 3.63) is 175 Å². The molecule has 14 nitrogen and oxygen atoms in total. The molecule has 9 rings (SSSR count). The second kappa shape index (κ2) is 25.0. The van der Waals surface area contributed by atoms with E-state index in [0.29, 0.717) is 72.4 Å². The zero-order valence-corrected chi connectivity index (χ0v) is 42.7. The summed E-state index contributed by atoms with van der Waals surface area (Å²) in [6, 6.07) is 53.2. The van der Waals surface area contributed by atoms with Gasteiger partial charge in [0.2, 0.25) is 0 Å². The number of rotatable bonds is 21. The van der Waals surface area contributed by atoms with Gasteiger partial charge in [0, 0.05) is 52.5 Å². The number of nitrogens with one attached hydrogen (secondary N) is 1. The fourth-order valence-electron chi connectivity index (χ4n) is 8.27. The highest BCUT2D eigenvalue weighted by Crippen LogP contribution is 2.38. The first-order valence-corrected chi connectivity index (χ1v) is 26.2. The van der Waals surface area contributed by atoms with Crippen LogP contribution in [0.2, 0.25) is 5.02 Å². The Hall–Kier alpha value is -8.14. The van der Waals surface area contributed by atoms with Gasteiger partial charge in [0.15, 0.2) is 0 Å². The molecule has 0 unspecified atom stereocenters. The lowest BCUT2D eigenvalue weighted by molar-refractivity contribution is -0.141. The Morgan fingerprint density at radius 2 is 0.986 bits per heavy atom. The van der Waals surface area contributed by atoms with E-state index in [1.54, 1.807) is 6.07 Å². The fraction of sp³-hybridized carbons (Fsp3) is 0.207. The van der Waals surface area contributed by atoms with Crippen LogP contribution >= 0.6 is 11.6 Å². The average Bonchev–Trinajstić information content (AvgIpc) is 4.00. The number of carbonyl (C=O) groups excluding carboxylic acids is 2. The van der Waals surface area contributed by atoms with Crippen LogP contribution in [0.5, 0.6) is 11.5 Å².